The molecule has 4 nitrogen and oxygen atoms in total. The van der Waals surface area contributed by atoms with Crippen molar-refractivity contribution in [3.05, 3.63) is 36.2 Å². The highest BCUT2D eigenvalue weighted by Crippen LogP contribution is 2.63. The van der Waals surface area contributed by atoms with Crippen LogP contribution in [-0.2, 0) is 6.54 Å². The van der Waals surface area contributed by atoms with Crippen LogP contribution < -0.4 is 5.32 Å². The van der Waals surface area contributed by atoms with Gasteiger partial charge in [-0.15, -0.1) is 0 Å². The molecule has 0 unspecified atom stereocenters. The Morgan fingerprint density at radius 3 is 2.76 bits per heavy atom. The summed E-state index contributed by atoms with van der Waals surface area (Å²) in [7, 11) is 0. The molecule has 0 aromatic carbocycles. The Hall–Kier alpha value is -1.10. The van der Waals surface area contributed by atoms with Crippen LogP contribution in [0.2, 0.25) is 0 Å². The van der Waals surface area contributed by atoms with Gasteiger partial charge in [0, 0.05) is 25.0 Å². The van der Waals surface area contributed by atoms with E-state index in [0.717, 1.165) is 32.4 Å². The lowest BCUT2D eigenvalue weighted by Gasteiger charge is -2.56. The highest BCUT2D eigenvalue weighted by atomic mass is 16.3. The fourth-order valence-electron chi connectivity index (χ4n) is 7.32. The molecule has 1 heterocycles. The van der Waals surface area contributed by atoms with Crippen molar-refractivity contribution in [2.24, 2.45) is 34.5 Å². The third-order valence-electron chi connectivity index (χ3n) is 9.32. The van der Waals surface area contributed by atoms with Gasteiger partial charge in [-0.2, -0.15) is 0 Å². The van der Waals surface area contributed by atoms with E-state index in [1.165, 1.54) is 37.0 Å². The number of rotatable bonds is 6. The van der Waals surface area contributed by atoms with Crippen LogP contribution in [0.4, 0.5) is 0 Å². The van der Waals surface area contributed by atoms with Crippen molar-refractivity contribution in [3.8, 4) is 0 Å². The van der Waals surface area contributed by atoms with Gasteiger partial charge in [-0.05, 0) is 98.1 Å². The molecule has 4 N–H and O–H groups in total. The number of aromatic amines is 1. The molecule has 1 aromatic heterocycles. The van der Waals surface area contributed by atoms with Gasteiger partial charge in [0.2, 0.25) is 0 Å². The number of aromatic nitrogens is 1. The molecule has 4 rings (SSSR count). The standard InChI is InChI=1S/C25H40N2O2/c1-17-6-7-22-21(15-26-14-19-5-4-12-27-19)23(9-11-24(17,22)2)25(3)10-8-20(29)13-18(25)16-28/h4-5,12,18,20-23,26-29H,1,6-11,13-16H2,2-3H3/t18-,20+,21+,22+,23+,24-,25+/m1/s1. The van der Waals surface area contributed by atoms with E-state index in [-0.39, 0.29) is 29.5 Å². The number of nitrogens with one attached hydrogen (secondary N) is 2. The van der Waals surface area contributed by atoms with Crippen molar-refractivity contribution in [1.82, 2.24) is 10.3 Å². The second kappa shape index (κ2) is 8.20. The number of hydrogen-bond donors (Lipinski definition) is 4. The Kier molecular flexibility index (Phi) is 5.98. The number of aliphatic hydroxyl groups is 2. The lowest BCUT2D eigenvalue weighted by atomic mass is 9.49. The number of H-pyrrole nitrogens is 1. The van der Waals surface area contributed by atoms with Gasteiger partial charge in [0.1, 0.15) is 0 Å². The van der Waals surface area contributed by atoms with Crippen molar-refractivity contribution in [2.75, 3.05) is 13.2 Å². The Morgan fingerprint density at radius 2 is 2.03 bits per heavy atom. The van der Waals surface area contributed by atoms with Gasteiger partial charge >= 0.3 is 0 Å². The highest BCUT2D eigenvalue weighted by Gasteiger charge is 2.56. The Morgan fingerprint density at radius 1 is 1.21 bits per heavy atom. The Labute approximate surface area is 176 Å². The van der Waals surface area contributed by atoms with E-state index in [4.69, 9.17) is 0 Å². The van der Waals surface area contributed by atoms with Gasteiger partial charge in [0.05, 0.1) is 6.10 Å². The SMILES string of the molecule is C=C1CC[C@H]2[C@H](CNCc3ccc[nH]3)[C@@H]([C@@]3(C)CC[C@H](O)C[C@@H]3CO)CC[C@]12C. The van der Waals surface area contributed by atoms with Crippen LogP contribution in [0.5, 0.6) is 0 Å². The second-order valence-electron chi connectivity index (χ2n) is 10.6. The first-order valence-corrected chi connectivity index (χ1v) is 11.7. The fourth-order valence-corrected chi connectivity index (χ4v) is 7.32. The molecular formula is C25H40N2O2. The molecule has 1 aromatic rings. The smallest absolute Gasteiger partial charge is 0.0544 e. The van der Waals surface area contributed by atoms with Crippen LogP contribution in [0.15, 0.2) is 30.5 Å². The summed E-state index contributed by atoms with van der Waals surface area (Å²) in [4.78, 5) is 3.30. The number of fused-ring (bicyclic) bond motifs is 1. The van der Waals surface area contributed by atoms with Crippen molar-refractivity contribution in [1.29, 1.82) is 0 Å². The van der Waals surface area contributed by atoms with E-state index < -0.39 is 0 Å². The van der Waals surface area contributed by atoms with Crippen molar-refractivity contribution >= 4 is 0 Å². The molecule has 162 valence electrons. The molecule has 0 amide bonds. The van der Waals surface area contributed by atoms with E-state index in [1.54, 1.807) is 0 Å². The molecule has 4 heteroatoms. The topological polar surface area (TPSA) is 68.3 Å². The molecule has 0 aliphatic heterocycles. The molecule has 0 radical (unpaired) electrons. The predicted molar refractivity (Wildman–Crippen MR) is 117 cm³/mol. The maximum absolute atomic E-state index is 10.2. The van der Waals surface area contributed by atoms with Gasteiger partial charge in [-0.25, -0.2) is 0 Å². The number of hydrogen-bond acceptors (Lipinski definition) is 3. The summed E-state index contributed by atoms with van der Waals surface area (Å²) in [5.74, 6) is 2.06. The largest absolute Gasteiger partial charge is 0.396 e. The van der Waals surface area contributed by atoms with Crippen LogP contribution in [-0.4, -0.2) is 34.5 Å². The molecular weight excluding hydrogens is 360 g/mol. The van der Waals surface area contributed by atoms with Crippen LogP contribution >= 0.6 is 0 Å². The molecule has 3 aliphatic carbocycles. The molecule has 0 bridgehead atoms. The second-order valence-corrected chi connectivity index (χ2v) is 10.6. The zero-order valence-corrected chi connectivity index (χ0v) is 18.3. The maximum atomic E-state index is 10.2. The van der Waals surface area contributed by atoms with Gasteiger partial charge < -0.3 is 20.5 Å². The van der Waals surface area contributed by atoms with Crippen LogP contribution in [0, 0.1) is 34.5 Å². The molecule has 29 heavy (non-hydrogen) atoms. The molecule has 3 fully saturated rings. The lowest BCUT2D eigenvalue weighted by Crippen LogP contribution is -2.53. The third kappa shape index (κ3) is 3.73. The fraction of sp³-hybridized carbons (Fsp3) is 0.760. The van der Waals surface area contributed by atoms with E-state index >= 15 is 0 Å². The van der Waals surface area contributed by atoms with E-state index in [0.29, 0.717) is 17.8 Å². The van der Waals surface area contributed by atoms with Crippen molar-refractivity contribution < 1.29 is 10.2 Å². The van der Waals surface area contributed by atoms with E-state index in [9.17, 15) is 10.2 Å². The summed E-state index contributed by atoms with van der Waals surface area (Å²) < 4.78 is 0. The zero-order chi connectivity index (χ0) is 20.6. The lowest BCUT2D eigenvalue weighted by molar-refractivity contribution is -0.0933. The van der Waals surface area contributed by atoms with Gasteiger partial charge in [-0.1, -0.05) is 26.0 Å². The third-order valence-corrected chi connectivity index (χ3v) is 9.32. The van der Waals surface area contributed by atoms with Crippen molar-refractivity contribution in [3.63, 3.8) is 0 Å². The number of aliphatic hydroxyl groups excluding tert-OH is 2. The van der Waals surface area contributed by atoms with Gasteiger partial charge in [-0.3, -0.25) is 0 Å². The Bertz CT molecular complexity index is 702. The zero-order valence-electron chi connectivity index (χ0n) is 18.3. The Balaban J connectivity index is 1.57. The van der Waals surface area contributed by atoms with Crippen LogP contribution in [0.3, 0.4) is 0 Å². The minimum absolute atomic E-state index is 0.109. The summed E-state index contributed by atoms with van der Waals surface area (Å²) >= 11 is 0. The first kappa shape index (κ1) is 21.1. The predicted octanol–water partition coefficient (Wildman–Crippen LogP) is 4.26. The summed E-state index contributed by atoms with van der Waals surface area (Å²) in [5, 5.41) is 24.2. The van der Waals surface area contributed by atoms with Gasteiger partial charge in [0.25, 0.3) is 0 Å². The van der Waals surface area contributed by atoms with Crippen molar-refractivity contribution in [2.45, 2.75) is 71.4 Å². The van der Waals surface area contributed by atoms with Crippen LogP contribution in [0.1, 0.15) is 64.5 Å². The normalized spacial score (nSPS) is 42.8. The minimum Gasteiger partial charge on any atom is -0.396 e. The monoisotopic (exact) mass is 400 g/mol. The summed E-state index contributed by atoms with van der Waals surface area (Å²) in [6, 6.07) is 4.19. The number of allylic oxidation sites excluding steroid dienone is 1. The van der Waals surface area contributed by atoms with E-state index in [1.807, 2.05) is 6.20 Å². The molecule has 3 saturated carbocycles. The molecule has 3 aliphatic rings. The molecule has 0 saturated heterocycles. The maximum Gasteiger partial charge on any atom is 0.0544 e. The average Bonchev–Trinajstić information content (AvgIpc) is 3.32. The average molecular weight is 401 g/mol. The minimum atomic E-state index is -0.246. The first-order chi connectivity index (χ1) is 13.9. The quantitative estimate of drug-likeness (QED) is 0.539. The molecule has 7 atom stereocenters. The first-order valence-electron chi connectivity index (χ1n) is 11.7. The highest BCUT2D eigenvalue weighted by molar-refractivity contribution is 5.21. The summed E-state index contributed by atoms with van der Waals surface area (Å²) in [6.07, 6.45) is 9.25. The van der Waals surface area contributed by atoms with Crippen LogP contribution in [0.25, 0.3) is 0 Å². The summed E-state index contributed by atoms with van der Waals surface area (Å²) in [6.45, 7) is 11.4. The van der Waals surface area contributed by atoms with E-state index in [2.05, 4.69) is 42.9 Å². The van der Waals surface area contributed by atoms with Gasteiger partial charge in [0.15, 0.2) is 0 Å². The summed E-state index contributed by atoms with van der Waals surface area (Å²) in [5.41, 5.74) is 3.07. The molecule has 0 spiro atoms.